The van der Waals surface area contributed by atoms with Gasteiger partial charge in [-0.1, -0.05) is 6.92 Å². The van der Waals surface area contributed by atoms with E-state index in [4.69, 9.17) is 4.74 Å². The summed E-state index contributed by atoms with van der Waals surface area (Å²) >= 11 is 0. The van der Waals surface area contributed by atoms with Gasteiger partial charge >= 0.3 is 0 Å². The van der Waals surface area contributed by atoms with Crippen molar-refractivity contribution < 1.29 is 14.3 Å². The molecule has 2 N–H and O–H groups in total. The first kappa shape index (κ1) is 16.9. The Morgan fingerprint density at radius 2 is 2.20 bits per heavy atom. The van der Waals surface area contributed by atoms with Gasteiger partial charge in [-0.15, -0.1) is 0 Å². The third-order valence-electron chi connectivity index (χ3n) is 3.83. The van der Waals surface area contributed by atoms with E-state index in [9.17, 15) is 9.59 Å². The number of hydrogen-bond acceptors (Lipinski definition) is 4. The number of likely N-dealkylation sites (N-methyl/N-ethyl adjacent to an activating group) is 1. The maximum Gasteiger partial charge on any atom is 0.243 e. The Morgan fingerprint density at radius 1 is 1.45 bits per heavy atom. The van der Waals surface area contributed by atoms with Crippen LogP contribution in [0.1, 0.15) is 32.6 Å². The van der Waals surface area contributed by atoms with Gasteiger partial charge in [0, 0.05) is 27.3 Å². The lowest BCUT2D eigenvalue weighted by Gasteiger charge is -2.31. The Balaban J connectivity index is 2.39. The third kappa shape index (κ3) is 4.45. The second-order valence-corrected chi connectivity index (χ2v) is 5.32. The second kappa shape index (κ2) is 8.21. The van der Waals surface area contributed by atoms with Crippen molar-refractivity contribution in [2.75, 3.05) is 40.4 Å². The van der Waals surface area contributed by atoms with E-state index >= 15 is 0 Å². The summed E-state index contributed by atoms with van der Waals surface area (Å²) in [6.07, 6.45) is 3.39. The van der Waals surface area contributed by atoms with E-state index in [1.54, 1.807) is 14.2 Å². The highest BCUT2D eigenvalue weighted by atomic mass is 16.5. The van der Waals surface area contributed by atoms with Crippen molar-refractivity contribution in [1.29, 1.82) is 0 Å². The van der Waals surface area contributed by atoms with E-state index in [0.29, 0.717) is 13.2 Å². The molecule has 0 aromatic rings. The predicted octanol–water partition coefficient (Wildman–Crippen LogP) is 0.130. The summed E-state index contributed by atoms with van der Waals surface area (Å²) in [7, 11) is 3.32. The highest BCUT2D eigenvalue weighted by molar-refractivity contribution is 5.90. The van der Waals surface area contributed by atoms with Crippen LogP contribution in [0.5, 0.6) is 0 Å². The summed E-state index contributed by atoms with van der Waals surface area (Å²) in [5, 5.41) is 6.09. The van der Waals surface area contributed by atoms with Crippen LogP contribution in [-0.2, 0) is 14.3 Å². The van der Waals surface area contributed by atoms with Crippen LogP contribution in [0.3, 0.4) is 0 Å². The number of nitrogens with zero attached hydrogens (tertiary/aromatic N) is 1. The van der Waals surface area contributed by atoms with Gasteiger partial charge in [0.1, 0.15) is 0 Å². The molecule has 0 aromatic heterocycles. The summed E-state index contributed by atoms with van der Waals surface area (Å²) in [6.45, 7) is 4.19. The molecule has 1 fully saturated rings. The van der Waals surface area contributed by atoms with Crippen molar-refractivity contribution >= 4 is 11.8 Å². The van der Waals surface area contributed by atoms with Crippen molar-refractivity contribution in [3.8, 4) is 0 Å². The number of ether oxygens (including phenoxy) is 1. The predicted molar refractivity (Wildman–Crippen MR) is 77.4 cm³/mol. The van der Waals surface area contributed by atoms with E-state index in [1.807, 2.05) is 6.92 Å². The number of nitrogens with one attached hydrogen (secondary N) is 2. The molecule has 0 radical (unpaired) electrons. The normalized spacial score (nSPS) is 21.8. The summed E-state index contributed by atoms with van der Waals surface area (Å²) in [4.78, 5) is 25.8. The van der Waals surface area contributed by atoms with E-state index in [-0.39, 0.29) is 18.4 Å². The molecular weight excluding hydrogens is 258 g/mol. The Morgan fingerprint density at radius 3 is 2.75 bits per heavy atom. The minimum Gasteiger partial charge on any atom is -0.385 e. The molecule has 0 spiro atoms. The molecule has 116 valence electrons. The summed E-state index contributed by atoms with van der Waals surface area (Å²) in [5.41, 5.74) is -0.467. The van der Waals surface area contributed by atoms with Gasteiger partial charge in [-0.2, -0.15) is 0 Å². The fourth-order valence-electron chi connectivity index (χ4n) is 2.59. The van der Waals surface area contributed by atoms with Crippen molar-refractivity contribution in [3.05, 3.63) is 0 Å². The smallest absolute Gasteiger partial charge is 0.243 e. The van der Waals surface area contributed by atoms with E-state index < -0.39 is 5.54 Å². The highest BCUT2D eigenvalue weighted by Crippen LogP contribution is 2.24. The van der Waals surface area contributed by atoms with Gasteiger partial charge in [0.2, 0.25) is 11.8 Å². The molecule has 2 amide bonds. The van der Waals surface area contributed by atoms with E-state index in [1.165, 1.54) is 4.90 Å². The molecule has 0 aliphatic carbocycles. The Bertz CT molecular complexity index is 328. The van der Waals surface area contributed by atoms with Crippen molar-refractivity contribution in [3.63, 3.8) is 0 Å². The number of amides is 2. The van der Waals surface area contributed by atoms with Gasteiger partial charge in [0.05, 0.1) is 12.1 Å². The number of carbonyl (C=O) groups is 2. The zero-order valence-electron chi connectivity index (χ0n) is 12.8. The number of methoxy groups -OCH3 is 1. The standard InChI is InChI=1S/C14H27N3O3/c1-4-14(7-5-9-16-14)13(19)17(2)11-12(18)15-8-6-10-20-3/h16H,4-11H2,1-3H3,(H,15,18). The molecule has 1 saturated heterocycles. The van der Waals surface area contributed by atoms with Crippen LogP contribution in [0, 0.1) is 0 Å². The Kier molecular flexibility index (Phi) is 6.95. The Labute approximate surface area is 121 Å². The molecule has 1 heterocycles. The summed E-state index contributed by atoms with van der Waals surface area (Å²) in [5.74, 6) is -0.106. The molecular formula is C14H27N3O3. The van der Waals surface area contributed by atoms with Gasteiger partial charge in [0.25, 0.3) is 0 Å². The zero-order chi connectivity index (χ0) is 15.0. The van der Waals surface area contributed by atoms with Gasteiger partial charge in [0.15, 0.2) is 0 Å². The van der Waals surface area contributed by atoms with Gasteiger partial charge in [-0.25, -0.2) is 0 Å². The molecule has 6 nitrogen and oxygen atoms in total. The molecule has 0 bridgehead atoms. The Hall–Kier alpha value is -1.14. The largest absolute Gasteiger partial charge is 0.385 e. The van der Waals surface area contributed by atoms with E-state index in [0.717, 1.165) is 32.2 Å². The fraction of sp³-hybridized carbons (Fsp3) is 0.857. The third-order valence-corrected chi connectivity index (χ3v) is 3.83. The lowest BCUT2D eigenvalue weighted by atomic mass is 9.92. The topological polar surface area (TPSA) is 70.7 Å². The van der Waals surface area contributed by atoms with Crippen molar-refractivity contribution in [1.82, 2.24) is 15.5 Å². The first-order valence-electron chi connectivity index (χ1n) is 7.32. The monoisotopic (exact) mass is 285 g/mol. The van der Waals surface area contributed by atoms with Crippen LogP contribution in [0.4, 0.5) is 0 Å². The average molecular weight is 285 g/mol. The van der Waals surface area contributed by atoms with Crippen LogP contribution in [0.2, 0.25) is 0 Å². The minimum absolute atomic E-state index is 0.0181. The SMILES string of the molecule is CCC1(C(=O)N(C)CC(=O)NCCCOC)CCCN1. The fourth-order valence-corrected chi connectivity index (χ4v) is 2.59. The minimum atomic E-state index is -0.467. The average Bonchev–Trinajstić information content (AvgIpc) is 2.92. The molecule has 1 aliphatic rings. The highest BCUT2D eigenvalue weighted by Gasteiger charge is 2.41. The van der Waals surface area contributed by atoms with E-state index in [2.05, 4.69) is 10.6 Å². The molecule has 1 rings (SSSR count). The summed E-state index contributed by atoms with van der Waals surface area (Å²) in [6, 6.07) is 0. The first-order valence-corrected chi connectivity index (χ1v) is 7.32. The van der Waals surface area contributed by atoms with Gasteiger partial charge in [-0.05, 0) is 32.2 Å². The molecule has 1 unspecified atom stereocenters. The van der Waals surface area contributed by atoms with Crippen LogP contribution >= 0.6 is 0 Å². The van der Waals surface area contributed by atoms with Crippen LogP contribution in [0.25, 0.3) is 0 Å². The van der Waals surface area contributed by atoms with Crippen LogP contribution in [0.15, 0.2) is 0 Å². The zero-order valence-corrected chi connectivity index (χ0v) is 12.8. The lowest BCUT2D eigenvalue weighted by Crippen LogP contribution is -2.55. The van der Waals surface area contributed by atoms with Gasteiger partial charge < -0.3 is 20.3 Å². The van der Waals surface area contributed by atoms with Gasteiger partial charge in [-0.3, -0.25) is 9.59 Å². The number of hydrogen-bond donors (Lipinski definition) is 2. The molecule has 0 aromatic carbocycles. The number of rotatable bonds is 8. The second-order valence-electron chi connectivity index (χ2n) is 5.32. The molecule has 6 heteroatoms. The summed E-state index contributed by atoms with van der Waals surface area (Å²) < 4.78 is 4.91. The number of carbonyl (C=O) groups excluding carboxylic acids is 2. The molecule has 20 heavy (non-hydrogen) atoms. The van der Waals surface area contributed by atoms with Crippen molar-refractivity contribution in [2.45, 2.75) is 38.1 Å². The lowest BCUT2D eigenvalue weighted by molar-refractivity contribution is -0.140. The molecule has 1 atom stereocenters. The maximum atomic E-state index is 12.5. The van der Waals surface area contributed by atoms with Crippen LogP contribution in [-0.4, -0.2) is 62.7 Å². The quantitative estimate of drug-likeness (QED) is 0.622. The first-order chi connectivity index (χ1) is 9.55. The van der Waals surface area contributed by atoms with Crippen molar-refractivity contribution in [2.24, 2.45) is 0 Å². The van der Waals surface area contributed by atoms with Crippen LogP contribution < -0.4 is 10.6 Å². The molecule has 1 aliphatic heterocycles. The molecule has 0 saturated carbocycles. The maximum absolute atomic E-state index is 12.5.